The number of nitrogens with zero attached hydrogens (tertiary/aromatic N) is 2. The molecule has 1 atom stereocenters. The van der Waals surface area contributed by atoms with E-state index >= 15 is 0 Å². The highest BCUT2D eigenvalue weighted by atomic mass is 35.5. The number of aromatic nitrogens is 2. The van der Waals surface area contributed by atoms with Crippen LogP contribution in [0.25, 0.3) is 0 Å². The van der Waals surface area contributed by atoms with Gasteiger partial charge >= 0.3 is 5.97 Å². The van der Waals surface area contributed by atoms with Gasteiger partial charge in [-0.05, 0) is 6.92 Å². The van der Waals surface area contributed by atoms with E-state index in [0.717, 1.165) is 4.68 Å². The molecule has 0 aliphatic rings. The number of halogens is 1. The van der Waals surface area contributed by atoms with Crippen LogP contribution in [-0.2, 0) is 20.8 Å². The number of ether oxygens (including phenoxy) is 2. The quantitative estimate of drug-likeness (QED) is 0.769. The lowest BCUT2D eigenvalue weighted by molar-refractivity contribution is -0.141. The summed E-state index contributed by atoms with van der Waals surface area (Å²) in [5.74, 6) is -0.570. The number of methoxy groups -OCH3 is 2. The molecule has 1 heterocycles. The molecule has 0 saturated heterocycles. The molecular weight excluding hydrogens is 274 g/mol. The Labute approximate surface area is 115 Å². The van der Waals surface area contributed by atoms with E-state index < -0.39 is 11.5 Å². The predicted octanol–water partition coefficient (Wildman–Crippen LogP) is 0.516. The third kappa shape index (κ3) is 4.22. The summed E-state index contributed by atoms with van der Waals surface area (Å²) in [6.45, 7) is 2.08. The minimum atomic E-state index is -0.570. The topological polar surface area (TPSA) is 82.5 Å². The van der Waals surface area contributed by atoms with Crippen LogP contribution in [0.1, 0.15) is 6.92 Å². The van der Waals surface area contributed by atoms with E-state index in [4.69, 9.17) is 16.3 Å². The first-order valence-electron chi connectivity index (χ1n) is 5.58. The summed E-state index contributed by atoms with van der Waals surface area (Å²) in [6.07, 6.45) is 1.35. The van der Waals surface area contributed by atoms with Crippen LogP contribution in [0.4, 0.5) is 5.69 Å². The predicted molar refractivity (Wildman–Crippen MR) is 70.5 cm³/mol. The molecule has 1 aromatic heterocycles. The van der Waals surface area contributed by atoms with Gasteiger partial charge in [0.15, 0.2) is 0 Å². The normalized spacial score (nSPS) is 12.0. The fraction of sp³-hybridized carbons (Fsp3) is 0.545. The van der Waals surface area contributed by atoms with Crippen molar-refractivity contribution < 1.29 is 14.3 Å². The first-order valence-corrected chi connectivity index (χ1v) is 5.96. The molecule has 0 spiro atoms. The van der Waals surface area contributed by atoms with Gasteiger partial charge in [-0.1, -0.05) is 11.6 Å². The maximum absolute atomic E-state index is 11.8. The third-order valence-corrected chi connectivity index (χ3v) is 2.84. The number of carbonyl (C=O) groups is 1. The lowest BCUT2D eigenvalue weighted by Crippen LogP contribution is -2.29. The number of esters is 1. The van der Waals surface area contributed by atoms with E-state index in [1.54, 1.807) is 7.11 Å². The van der Waals surface area contributed by atoms with Crippen molar-refractivity contribution in [2.24, 2.45) is 0 Å². The molecule has 0 bridgehead atoms. The van der Waals surface area contributed by atoms with Gasteiger partial charge in [0.2, 0.25) is 0 Å². The number of nitrogens with one attached hydrogen (secondary N) is 1. The average Bonchev–Trinajstić information content (AvgIpc) is 2.42. The van der Waals surface area contributed by atoms with E-state index in [2.05, 4.69) is 15.2 Å². The van der Waals surface area contributed by atoms with Crippen molar-refractivity contribution in [2.45, 2.75) is 19.6 Å². The zero-order valence-electron chi connectivity index (χ0n) is 11.0. The molecule has 106 valence electrons. The molecule has 8 heteroatoms. The molecule has 0 saturated carbocycles. The largest absolute Gasteiger partial charge is 0.468 e. The maximum Gasteiger partial charge on any atom is 0.327 e. The monoisotopic (exact) mass is 289 g/mol. The van der Waals surface area contributed by atoms with Crippen molar-refractivity contribution >= 4 is 23.3 Å². The van der Waals surface area contributed by atoms with E-state index in [-0.39, 0.29) is 17.7 Å². The first kappa shape index (κ1) is 15.5. The van der Waals surface area contributed by atoms with Crippen molar-refractivity contribution in [2.75, 3.05) is 26.1 Å². The lowest BCUT2D eigenvalue weighted by atomic mass is 10.3. The Morgan fingerprint density at radius 3 is 2.84 bits per heavy atom. The van der Waals surface area contributed by atoms with Crippen LogP contribution in [0, 0.1) is 0 Å². The van der Waals surface area contributed by atoms with Crippen molar-refractivity contribution in [1.82, 2.24) is 9.78 Å². The Morgan fingerprint density at radius 1 is 1.58 bits per heavy atom. The van der Waals surface area contributed by atoms with Gasteiger partial charge in [0.25, 0.3) is 5.56 Å². The van der Waals surface area contributed by atoms with Gasteiger partial charge in [-0.15, -0.1) is 0 Å². The van der Waals surface area contributed by atoms with E-state index in [9.17, 15) is 9.59 Å². The van der Waals surface area contributed by atoms with Crippen molar-refractivity contribution in [1.29, 1.82) is 0 Å². The van der Waals surface area contributed by atoms with Gasteiger partial charge in [0.05, 0.1) is 25.1 Å². The Hall–Kier alpha value is -1.60. The second-order valence-electron chi connectivity index (χ2n) is 3.84. The summed E-state index contributed by atoms with van der Waals surface area (Å²) >= 11 is 5.92. The highest BCUT2D eigenvalue weighted by Gasteiger charge is 2.12. The van der Waals surface area contributed by atoms with E-state index in [1.165, 1.54) is 13.3 Å². The van der Waals surface area contributed by atoms with Crippen LogP contribution in [0.2, 0.25) is 5.02 Å². The number of rotatable bonds is 6. The number of carbonyl (C=O) groups excluding carboxylic acids is 1. The van der Waals surface area contributed by atoms with Gasteiger partial charge in [-0.25, -0.2) is 4.68 Å². The maximum atomic E-state index is 11.8. The molecule has 0 amide bonds. The molecule has 1 N–H and O–H groups in total. The fourth-order valence-corrected chi connectivity index (χ4v) is 1.44. The highest BCUT2D eigenvalue weighted by molar-refractivity contribution is 6.32. The summed E-state index contributed by atoms with van der Waals surface area (Å²) in [5.41, 5.74) is -0.154. The molecule has 0 aliphatic heterocycles. The SMILES string of the molecule is COC(=O)Cn1ncc(NCC(C)OC)c(Cl)c1=O. The molecule has 19 heavy (non-hydrogen) atoms. The summed E-state index contributed by atoms with van der Waals surface area (Å²) in [4.78, 5) is 22.9. The van der Waals surface area contributed by atoms with Crippen LogP contribution >= 0.6 is 11.6 Å². The lowest BCUT2D eigenvalue weighted by Gasteiger charge is -2.13. The Kier molecular flexibility index (Phi) is 5.78. The third-order valence-electron chi connectivity index (χ3n) is 2.47. The molecule has 1 aromatic rings. The number of hydrogen-bond donors (Lipinski definition) is 1. The second kappa shape index (κ2) is 7.10. The smallest absolute Gasteiger partial charge is 0.327 e. The minimum absolute atomic E-state index is 0.0257. The second-order valence-corrected chi connectivity index (χ2v) is 4.22. The van der Waals surface area contributed by atoms with E-state index in [1.807, 2.05) is 6.92 Å². The van der Waals surface area contributed by atoms with Crippen LogP contribution in [0.5, 0.6) is 0 Å². The summed E-state index contributed by atoms with van der Waals surface area (Å²) in [5, 5.41) is 6.77. The first-order chi connectivity index (χ1) is 8.99. The molecule has 1 rings (SSSR count). The zero-order valence-corrected chi connectivity index (χ0v) is 11.7. The number of hydrogen-bond acceptors (Lipinski definition) is 6. The zero-order chi connectivity index (χ0) is 14.4. The van der Waals surface area contributed by atoms with Gasteiger partial charge in [-0.2, -0.15) is 5.10 Å². The summed E-state index contributed by atoms with van der Waals surface area (Å²) in [6, 6.07) is 0. The van der Waals surface area contributed by atoms with Crippen LogP contribution in [0.3, 0.4) is 0 Å². The van der Waals surface area contributed by atoms with Gasteiger partial charge in [0, 0.05) is 13.7 Å². The van der Waals surface area contributed by atoms with Gasteiger partial charge < -0.3 is 14.8 Å². The molecule has 0 fully saturated rings. The summed E-state index contributed by atoms with van der Waals surface area (Å²) in [7, 11) is 2.82. The standard InChI is InChI=1S/C11H16ClN3O4/c1-7(18-2)4-13-8-5-14-15(6-9(16)19-3)11(17)10(8)12/h5,7,13H,4,6H2,1-3H3. The minimum Gasteiger partial charge on any atom is -0.468 e. The van der Waals surface area contributed by atoms with Crippen molar-refractivity contribution in [3.8, 4) is 0 Å². The number of anilines is 1. The highest BCUT2D eigenvalue weighted by Crippen LogP contribution is 2.15. The molecule has 0 aliphatic carbocycles. The Bertz CT molecular complexity index is 503. The van der Waals surface area contributed by atoms with E-state index in [0.29, 0.717) is 12.2 Å². The fourth-order valence-electron chi connectivity index (χ4n) is 1.22. The molecular formula is C11H16ClN3O4. The Balaban J connectivity index is 2.85. The Morgan fingerprint density at radius 2 is 2.26 bits per heavy atom. The van der Waals surface area contributed by atoms with Gasteiger partial charge in [-0.3, -0.25) is 9.59 Å². The summed E-state index contributed by atoms with van der Waals surface area (Å²) < 4.78 is 10.5. The average molecular weight is 290 g/mol. The molecule has 0 aromatic carbocycles. The van der Waals surface area contributed by atoms with Crippen LogP contribution < -0.4 is 10.9 Å². The molecule has 1 unspecified atom stereocenters. The van der Waals surface area contributed by atoms with Crippen LogP contribution in [0.15, 0.2) is 11.0 Å². The molecule has 7 nitrogen and oxygen atoms in total. The van der Waals surface area contributed by atoms with Crippen LogP contribution in [-0.4, -0.2) is 42.6 Å². The molecule has 0 radical (unpaired) electrons. The van der Waals surface area contributed by atoms with Crippen molar-refractivity contribution in [3.05, 3.63) is 21.6 Å². The van der Waals surface area contributed by atoms with Crippen molar-refractivity contribution in [3.63, 3.8) is 0 Å². The van der Waals surface area contributed by atoms with Gasteiger partial charge in [0.1, 0.15) is 11.6 Å².